The molecule has 1 rings (SSSR count). The molecule has 0 aliphatic heterocycles. The minimum Gasteiger partial charge on any atom is -0.465 e. The average molecular weight is 364 g/mol. The Morgan fingerprint density at radius 1 is 1.35 bits per heavy atom. The molecule has 0 radical (unpaired) electrons. The van der Waals surface area contributed by atoms with E-state index >= 15 is 0 Å². The Bertz CT molecular complexity index is 612. The van der Waals surface area contributed by atoms with E-state index in [4.69, 9.17) is 9.84 Å². The van der Waals surface area contributed by atoms with Gasteiger partial charge in [0.25, 0.3) is 0 Å². The number of rotatable bonds is 12. The number of allylic oxidation sites excluding steroid dienone is 1. The molecule has 0 unspecified atom stereocenters. The Morgan fingerprint density at radius 3 is 2.65 bits per heavy atom. The average Bonchev–Trinajstić information content (AvgIpc) is 3.00. The van der Waals surface area contributed by atoms with Crippen molar-refractivity contribution in [2.45, 2.75) is 38.9 Å². The molecule has 0 bridgehead atoms. The quantitative estimate of drug-likeness (QED) is 0.386. The Labute approximate surface area is 153 Å². The number of carbonyl (C=O) groups excluding carboxylic acids is 1. The van der Waals surface area contributed by atoms with E-state index in [9.17, 15) is 9.59 Å². The van der Waals surface area contributed by atoms with Crippen molar-refractivity contribution in [1.82, 2.24) is 20.2 Å². The Balaban J connectivity index is 2.78. The van der Waals surface area contributed by atoms with E-state index in [-0.39, 0.29) is 18.4 Å². The minimum atomic E-state index is -1.26. The number of ether oxygens (including phenoxy) is 1. The van der Waals surface area contributed by atoms with Crippen molar-refractivity contribution in [2.24, 2.45) is 5.92 Å². The van der Waals surface area contributed by atoms with Crippen LogP contribution < -0.4 is 10.6 Å². The van der Waals surface area contributed by atoms with Crippen LogP contribution >= 0.6 is 0 Å². The van der Waals surface area contributed by atoms with Crippen LogP contribution in [0.1, 0.15) is 19.5 Å². The zero-order chi connectivity index (χ0) is 19.5. The van der Waals surface area contributed by atoms with Gasteiger partial charge in [-0.05, 0) is 5.92 Å². The Morgan fingerprint density at radius 2 is 2.08 bits per heavy atom. The first-order valence-electron chi connectivity index (χ1n) is 8.47. The van der Waals surface area contributed by atoms with Gasteiger partial charge in [0.15, 0.2) is 0 Å². The fourth-order valence-electron chi connectivity index (χ4n) is 2.29. The maximum atomic E-state index is 12.6. The van der Waals surface area contributed by atoms with Gasteiger partial charge in [0.2, 0.25) is 5.91 Å². The van der Waals surface area contributed by atoms with Crippen molar-refractivity contribution in [3.05, 3.63) is 43.5 Å². The van der Waals surface area contributed by atoms with Gasteiger partial charge >= 0.3 is 6.09 Å². The highest BCUT2D eigenvalue weighted by Gasteiger charge is 2.25. The van der Waals surface area contributed by atoms with Gasteiger partial charge in [-0.25, -0.2) is 9.78 Å². The fourth-order valence-corrected chi connectivity index (χ4v) is 2.29. The highest BCUT2D eigenvalue weighted by molar-refractivity contribution is 5.85. The highest BCUT2D eigenvalue weighted by Crippen LogP contribution is 2.06. The lowest BCUT2D eigenvalue weighted by Crippen LogP contribution is -2.52. The van der Waals surface area contributed by atoms with Crippen LogP contribution in [0.4, 0.5) is 4.79 Å². The van der Waals surface area contributed by atoms with Crippen LogP contribution in [-0.4, -0.2) is 52.0 Å². The zero-order valence-electron chi connectivity index (χ0n) is 15.4. The van der Waals surface area contributed by atoms with Crippen LogP contribution in [0.15, 0.2) is 37.8 Å². The SMILES string of the molecule is C=CCOC[C@@H](NC(=O)[C@@H](Cc1cn(CC=C)cn1)NC(=O)O)C(C)C. The normalized spacial score (nSPS) is 13.0. The summed E-state index contributed by atoms with van der Waals surface area (Å²) in [6.07, 6.45) is 5.63. The van der Waals surface area contributed by atoms with Crippen LogP contribution in [0.2, 0.25) is 0 Å². The van der Waals surface area contributed by atoms with Crippen LogP contribution in [0.3, 0.4) is 0 Å². The lowest BCUT2D eigenvalue weighted by atomic mass is 10.0. The van der Waals surface area contributed by atoms with Crippen LogP contribution in [-0.2, 0) is 22.5 Å². The number of carbonyl (C=O) groups is 2. The maximum absolute atomic E-state index is 12.6. The standard InChI is InChI=1S/C18H28N4O4/c1-5-7-22-10-14(19-12-22)9-15(21-18(24)25)17(23)20-16(13(3)4)11-26-8-6-2/h5-6,10,12-13,15-16,21H,1-2,7-9,11H2,3-4H3,(H,20,23)(H,24,25)/t15-,16-/m1/s1. The fraction of sp³-hybridized carbons (Fsp3) is 0.500. The van der Waals surface area contributed by atoms with Crippen molar-refractivity contribution in [1.29, 1.82) is 0 Å². The minimum absolute atomic E-state index is 0.126. The smallest absolute Gasteiger partial charge is 0.405 e. The van der Waals surface area contributed by atoms with Gasteiger partial charge in [0.05, 0.1) is 31.3 Å². The number of nitrogens with zero attached hydrogens (tertiary/aromatic N) is 2. The molecule has 0 spiro atoms. The van der Waals surface area contributed by atoms with E-state index in [0.29, 0.717) is 25.5 Å². The molecule has 2 amide bonds. The lowest BCUT2D eigenvalue weighted by molar-refractivity contribution is -0.124. The van der Waals surface area contributed by atoms with Crippen LogP contribution in [0, 0.1) is 5.92 Å². The predicted octanol–water partition coefficient (Wildman–Crippen LogP) is 1.59. The molecule has 8 nitrogen and oxygen atoms in total. The lowest BCUT2D eigenvalue weighted by Gasteiger charge is -2.25. The maximum Gasteiger partial charge on any atom is 0.405 e. The van der Waals surface area contributed by atoms with Gasteiger partial charge in [0, 0.05) is 19.2 Å². The van der Waals surface area contributed by atoms with Gasteiger partial charge in [0.1, 0.15) is 6.04 Å². The van der Waals surface area contributed by atoms with Crippen molar-refractivity contribution in [2.75, 3.05) is 13.2 Å². The van der Waals surface area contributed by atoms with Crippen molar-refractivity contribution >= 4 is 12.0 Å². The molecular formula is C18H28N4O4. The second-order valence-corrected chi connectivity index (χ2v) is 6.24. The predicted molar refractivity (Wildman–Crippen MR) is 98.9 cm³/mol. The zero-order valence-corrected chi connectivity index (χ0v) is 15.4. The Kier molecular flexibility index (Phi) is 9.14. The van der Waals surface area contributed by atoms with Gasteiger partial charge in [-0.15, -0.1) is 13.2 Å². The number of aromatic nitrogens is 2. The molecular weight excluding hydrogens is 336 g/mol. The number of nitrogens with one attached hydrogen (secondary N) is 2. The van der Waals surface area contributed by atoms with Gasteiger partial charge < -0.3 is 25.0 Å². The van der Waals surface area contributed by atoms with Gasteiger partial charge in [-0.3, -0.25) is 4.79 Å². The summed E-state index contributed by atoms with van der Waals surface area (Å²) in [7, 11) is 0. The molecule has 0 saturated carbocycles. The molecule has 1 aromatic heterocycles. The molecule has 144 valence electrons. The third-order valence-electron chi connectivity index (χ3n) is 3.72. The largest absolute Gasteiger partial charge is 0.465 e. The molecule has 26 heavy (non-hydrogen) atoms. The monoisotopic (exact) mass is 364 g/mol. The number of hydrogen-bond acceptors (Lipinski definition) is 4. The van der Waals surface area contributed by atoms with Gasteiger partial charge in [-0.1, -0.05) is 26.0 Å². The third kappa shape index (κ3) is 7.52. The molecule has 3 N–H and O–H groups in total. The van der Waals surface area contributed by atoms with Crippen LogP contribution in [0.25, 0.3) is 0 Å². The second kappa shape index (κ2) is 11.1. The van der Waals surface area contributed by atoms with Crippen molar-refractivity contribution in [3.8, 4) is 0 Å². The molecule has 2 atom stereocenters. The second-order valence-electron chi connectivity index (χ2n) is 6.24. The summed E-state index contributed by atoms with van der Waals surface area (Å²) in [5, 5.41) is 14.2. The summed E-state index contributed by atoms with van der Waals surface area (Å²) >= 11 is 0. The van der Waals surface area contributed by atoms with E-state index in [1.54, 1.807) is 29.2 Å². The molecule has 1 heterocycles. The van der Waals surface area contributed by atoms with E-state index < -0.39 is 18.0 Å². The molecule has 0 fully saturated rings. The van der Waals surface area contributed by atoms with Crippen LogP contribution in [0.5, 0.6) is 0 Å². The third-order valence-corrected chi connectivity index (χ3v) is 3.72. The number of carboxylic acid groups (broad SMARTS) is 1. The first-order chi connectivity index (χ1) is 12.4. The van der Waals surface area contributed by atoms with Crippen molar-refractivity contribution in [3.63, 3.8) is 0 Å². The topological polar surface area (TPSA) is 105 Å². The summed E-state index contributed by atoms with van der Waals surface area (Å²) in [5.41, 5.74) is 0.616. The molecule has 0 aromatic carbocycles. The first kappa shape index (κ1) is 21.4. The van der Waals surface area contributed by atoms with E-state index in [2.05, 4.69) is 28.8 Å². The summed E-state index contributed by atoms with van der Waals surface area (Å²) in [5.74, 6) is -0.285. The summed E-state index contributed by atoms with van der Waals surface area (Å²) in [6.45, 7) is 12.4. The number of imidazole rings is 1. The summed E-state index contributed by atoms with van der Waals surface area (Å²) in [6, 6.07) is -1.18. The number of hydrogen-bond donors (Lipinski definition) is 3. The first-order valence-corrected chi connectivity index (χ1v) is 8.47. The summed E-state index contributed by atoms with van der Waals surface area (Å²) in [4.78, 5) is 27.9. The van der Waals surface area contributed by atoms with Gasteiger partial charge in [-0.2, -0.15) is 0 Å². The molecule has 0 aliphatic carbocycles. The number of amides is 2. The van der Waals surface area contributed by atoms with E-state index in [1.165, 1.54) is 0 Å². The molecule has 0 saturated heterocycles. The van der Waals surface area contributed by atoms with E-state index in [0.717, 1.165) is 0 Å². The van der Waals surface area contributed by atoms with Crippen molar-refractivity contribution < 1.29 is 19.4 Å². The Hall–Kier alpha value is -2.61. The summed E-state index contributed by atoms with van der Waals surface area (Å²) < 4.78 is 7.23. The van der Waals surface area contributed by atoms with E-state index in [1.807, 2.05) is 13.8 Å². The molecule has 0 aliphatic rings. The molecule has 1 aromatic rings. The highest BCUT2D eigenvalue weighted by atomic mass is 16.5. The molecule has 8 heteroatoms.